The zero-order chi connectivity index (χ0) is 20.8. The predicted molar refractivity (Wildman–Crippen MR) is 118 cm³/mol. The van der Waals surface area contributed by atoms with Crippen LogP contribution in [0.1, 0.15) is 22.3 Å². The average molecular weight is 392 g/mol. The van der Waals surface area contributed by atoms with E-state index in [4.69, 9.17) is 15.2 Å². The number of hydrogen-bond donors (Lipinski definition) is 1. The van der Waals surface area contributed by atoms with Crippen molar-refractivity contribution in [1.82, 2.24) is 4.90 Å². The maximum atomic E-state index is 12.6. The van der Waals surface area contributed by atoms with Crippen LogP contribution in [-0.2, 0) is 6.42 Å². The molecule has 3 rings (SSSR count). The van der Waals surface area contributed by atoms with E-state index in [0.29, 0.717) is 13.0 Å². The Labute approximate surface area is 172 Å². The Morgan fingerprint density at radius 2 is 1.62 bits per heavy atom. The summed E-state index contributed by atoms with van der Waals surface area (Å²) in [6.45, 7) is 1.58. The summed E-state index contributed by atoms with van der Waals surface area (Å²) in [7, 11) is 5.31. The third kappa shape index (κ3) is 5.27. The molecule has 0 saturated carbocycles. The first-order valence-corrected chi connectivity index (χ1v) is 9.72. The van der Waals surface area contributed by atoms with Crippen LogP contribution < -0.4 is 15.2 Å². The molecule has 0 saturated heterocycles. The van der Waals surface area contributed by atoms with Crippen molar-refractivity contribution in [1.29, 1.82) is 0 Å². The van der Waals surface area contributed by atoms with E-state index in [0.717, 1.165) is 46.5 Å². The minimum Gasteiger partial charge on any atom is -0.493 e. The lowest BCUT2D eigenvalue weighted by Crippen LogP contribution is -2.24. The van der Waals surface area contributed by atoms with Crippen molar-refractivity contribution in [2.75, 3.05) is 40.1 Å². The molecule has 0 radical (unpaired) electrons. The standard InChI is InChI=1S/C24H28N2O3/c1-26(12-10-17-4-9-23(28-2)24(14-17)29-3)13-11-22(27)20-6-5-19-16-21(25)8-7-18(19)15-20/h4-9,14-16H,10-13,25H2,1-3H3. The molecule has 5 heteroatoms. The first-order valence-electron chi connectivity index (χ1n) is 9.72. The summed E-state index contributed by atoms with van der Waals surface area (Å²) in [5.41, 5.74) is 8.47. The Hall–Kier alpha value is -3.05. The van der Waals surface area contributed by atoms with Crippen molar-refractivity contribution in [2.24, 2.45) is 0 Å². The molecule has 152 valence electrons. The van der Waals surface area contributed by atoms with Gasteiger partial charge in [0.25, 0.3) is 0 Å². The molecule has 0 heterocycles. The Kier molecular flexibility index (Phi) is 6.73. The fourth-order valence-electron chi connectivity index (χ4n) is 3.34. The van der Waals surface area contributed by atoms with E-state index >= 15 is 0 Å². The van der Waals surface area contributed by atoms with Gasteiger partial charge in [-0.3, -0.25) is 4.79 Å². The number of ether oxygens (including phenoxy) is 2. The first kappa shape index (κ1) is 20.7. The van der Waals surface area contributed by atoms with Crippen molar-refractivity contribution in [3.63, 3.8) is 0 Å². The summed E-state index contributed by atoms with van der Waals surface area (Å²) in [4.78, 5) is 14.8. The van der Waals surface area contributed by atoms with Crippen molar-refractivity contribution >= 4 is 22.2 Å². The topological polar surface area (TPSA) is 64.8 Å². The number of Topliss-reactive ketones (excluding diaryl/α,β-unsaturated/α-hetero) is 1. The smallest absolute Gasteiger partial charge is 0.164 e. The molecule has 5 nitrogen and oxygen atoms in total. The summed E-state index contributed by atoms with van der Waals surface area (Å²) in [6.07, 6.45) is 1.37. The fourth-order valence-corrected chi connectivity index (χ4v) is 3.34. The largest absolute Gasteiger partial charge is 0.493 e. The number of anilines is 1. The monoisotopic (exact) mass is 392 g/mol. The second-order valence-corrected chi connectivity index (χ2v) is 7.24. The van der Waals surface area contributed by atoms with E-state index in [1.165, 1.54) is 5.56 Å². The van der Waals surface area contributed by atoms with Crippen molar-refractivity contribution in [3.05, 3.63) is 65.7 Å². The molecule has 0 aromatic heterocycles. The van der Waals surface area contributed by atoms with E-state index in [9.17, 15) is 4.79 Å². The summed E-state index contributed by atoms with van der Waals surface area (Å²) < 4.78 is 10.6. The quantitative estimate of drug-likeness (QED) is 0.437. The first-order chi connectivity index (χ1) is 14.0. The number of likely N-dealkylation sites (N-methyl/N-ethyl adjacent to an activating group) is 1. The number of carbonyl (C=O) groups is 1. The van der Waals surface area contributed by atoms with Gasteiger partial charge in [-0.05, 0) is 60.1 Å². The molecule has 0 aliphatic rings. The number of benzene rings is 3. The maximum absolute atomic E-state index is 12.6. The molecule has 3 aromatic carbocycles. The van der Waals surface area contributed by atoms with Crippen LogP contribution in [0.3, 0.4) is 0 Å². The van der Waals surface area contributed by atoms with Crippen molar-refractivity contribution in [3.8, 4) is 11.5 Å². The number of nitrogen functional groups attached to an aromatic ring is 1. The molecule has 0 atom stereocenters. The molecule has 3 aromatic rings. The van der Waals surface area contributed by atoms with Gasteiger partial charge in [-0.25, -0.2) is 0 Å². The number of nitrogens with two attached hydrogens (primary N) is 1. The number of ketones is 1. The minimum atomic E-state index is 0.154. The van der Waals surface area contributed by atoms with Crippen LogP contribution in [0.4, 0.5) is 5.69 Å². The Morgan fingerprint density at radius 3 is 2.38 bits per heavy atom. The number of hydrogen-bond acceptors (Lipinski definition) is 5. The highest BCUT2D eigenvalue weighted by molar-refractivity contribution is 6.00. The third-order valence-electron chi connectivity index (χ3n) is 5.14. The van der Waals surface area contributed by atoms with Crippen molar-refractivity contribution < 1.29 is 14.3 Å². The minimum absolute atomic E-state index is 0.154. The fraction of sp³-hybridized carbons (Fsp3) is 0.292. The number of fused-ring (bicyclic) bond motifs is 1. The van der Waals surface area contributed by atoms with Gasteiger partial charge < -0.3 is 20.1 Å². The molecule has 0 aliphatic heterocycles. The summed E-state index contributed by atoms with van der Waals surface area (Å²) in [6, 6.07) is 17.5. The van der Waals surface area contributed by atoms with Crippen LogP contribution in [-0.4, -0.2) is 45.0 Å². The Morgan fingerprint density at radius 1 is 0.897 bits per heavy atom. The van der Waals surface area contributed by atoms with Crippen LogP contribution in [0.2, 0.25) is 0 Å². The average Bonchev–Trinajstić information content (AvgIpc) is 2.75. The van der Waals surface area contributed by atoms with Gasteiger partial charge in [-0.2, -0.15) is 0 Å². The van der Waals surface area contributed by atoms with Gasteiger partial charge in [0.15, 0.2) is 17.3 Å². The summed E-state index contributed by atoms with van der Waals surface area (Å²) in [5.74, 6) is 1.62. The van der Waals surface area contributed by atoms with E-state index in [2.05, 4.69) is 4.90 Å². The molecular weight excluding hydrogens is 364 g/mol. The summed E-state index contributed by atoms with van der Waals surface area (Å²) >= 11 is 0. The Bertz CT molecular complexity index is 1000. The zero-order valence-electron chi connectivity index (χ0n) is 17.3. The lowest BCUT2D eigenvalue weighted by atomic mass is 10.0. The summed E-state index contributed by atoms with van der Waals surface area (Å²) in [5, 5.41) is 2.08. The molecule has 0 aliphatic carbocycles. The number of nitrogens with zero attached hydrogens (tertiary/aromatic N) is 1. The lowest BCUT2D eigenvalue weighted by Gasteiger charge is -2.17. The second kappa shape index (κ2) is 9.43. The molecule has 0 fully saturated rings. The van der Waals surface area contributed by atoms with Gasteiger partial charge in [-0.15, -0.1) is 0 Å². The Balaban J connectivity index is 1.53. The molecule has 0 amide bonds. The highest BCUT2D eigenvalue weighted by atomic mass is 16.5. The highest BCUT2D eigenvalue weighted by Crippen LogP contribution is 2.27. The molecule has 2 N–H and O–H groups in total. The molecule has 0 spiro atoms. The molecule has 0 bridgehead atoms. The third-order valence-corrected chi connectivity index (χ3v) is 5.14. The highest BCUT2D eigenvalue weighted by Gasteiger charge is 2.10. The van der Waals surface area contributed by atoms with E-state index in [1.54, 1.807) is 14.2 Å². The number of rotatable bonds is 9. The van der Waals surface area contributed by atoms with Gasteiger partial charge in [0.1, 0.15) is 0 Å². The van der Waals surface area contributed by atoms with Crippen LogP contribution in [0.15, 0.2) is 54.6 Å². The van der Waals surface area contributed by atoms with E-state index in [-0.39, 0.29) is 5.78 Å². The lowest BCUT2D eigenvalue weighted by molar-refractivity contribution is 0.0969. The van der Waals surface area contributed by atoms with Gasteiger partial charge in [0.2, 0.25) is 0 Å². The van der Waals surface area contributed by atoms with Crippen LogP contribution >= 0.6 is 0 Å². The zero-order valence-corrected chi connectivity index (χ0v) is 17.3. The van der Waals surface area contributed by atoms with E-state index in [1.807, 2.05) is 61.6 Å². The molecule has 29 heavy (non-hydrogen) atoms. The van der Waals surface area contributed by atoms with Gasteiger partial charge >= 0.3 is 0 Å². The van der Waals surface area contributed by atoms with Crippen molar-refractivity contribution in [2.45, 2.75) is 12.8 Å². The van der Waals surface area contributed by atoms with Crippen LogP contribution in [0.25, 0.3) is 10.8 Å². The number of carbonyl (C=O) groups excluding carboxylic acids is 1. The maximum Gasteiger partial charge on any atom is 0.164 e. The normalized spacial score (nSPS) is 11.0. The second-order valence-electron chi connectivity index (χ2n) is 7.24. The SMILES string of the molecule is COc1ccc(CCN(C)CCC(=O)c2ccc3cc(N)ccc3c2)cc1OC. The predicted octanol–water partition coefficient (Wildman–Crippen LogP) is 4.19. The van der Waals surface area contributed by atoms with Gasteiger partial charge in [0.05, 0.1) is 14.2 Å². The van der Waals surface area contributed by atoms with Gasteiger partial charge in [0, 0.05) is 30.8 Å². The van der Waals surface area contributed by atoms with Crippen LogP contribution in [0.5, 0.6) is 11.5 Å². The van der Waals surface area contributed by atoms with Crippen LogP contribution in [0, 0.1) is 0 Å². The van der Waals surface area contributed by atoms with E-state index < -0.39 is 0 Å². The van der Waals surface area contributed by atoms with Gasteiger partial charge in [-0.1, -0.05) is 24.3 Å². The molecule has 0 unspecified atom stereocenters. The molecular formula is C24H28N2O3. The number of methoxy groups -OCH3 is 2.